The second-order valence-corrected chi connectivity index (χ2v) is 5.06. The Morgan fingerprint density at radius 2 is 1.94 bits per heavy atom. The SMILES string of the molecule is ClCC1CCCOC1c1ccc2c(c1)OCCO2. The number of alkyl halides is 1. The molecule has 1 saturated heterocycles. The smallest absolute Gasteiger partial charge is 0.161 e. The molecule has 0 amide bonds. The predicted molar refractivity (Wildman–Crippen MR) is 69.6 cm³/mol. The van der Waals surface area contributed by atoms with Crippen LogP contribution in [0.1, 0.15) is 24.5 Å². The molecule has 2 unspecified atom stereocenters. The van der Waals surface area contributed by atoms with Gasteiger partial charge in [-0.2, -0.15) is 0 Å². The van der Waals surface area contributed by atoms with Crippen LogP contribution in [0.3, 0.4) is 0 Å². The lowest BCUT2D eigenvalue weighted by Gasteiger charge is -2.31. The van der Waals surface area contributed by atoms with Crippen LogP contribution in [0.2, 0.25) is 0 Å². The Labute approximate surface area is 112 Å². The van der Waals surface area contributed by atoms with E-state index in [2.05, 4.69) is 6.07 Å². The van der Waals surface area contributed by atoms with Crippen LogP contribution in [0.4, 0.5) is 0 Å². The van der Waals surface area contributed by atoms with E-state index in [1.54, 1.807) is 0 Å². The maximum Gasteiger partial charge on any atom is 0.161 e. The summed E-state index contributed by atoms with van der Waals surface area (Å²) >= 11 is 6.03. The van der Waals surface area contributed by atoms with Gasteiger partial charge >= 0.3 is 0 Å². The van der Waals surface area contributed by atoms with Crippen molar-refractivity contribution in [3.05, 3.63) is 23.8 Å². The number of benzene rings is 1. The molecular weight excluding hydrogens is 252 g/mol. The highest BCUT2D eigenvalue weighted by atomic mass is 35.5. The molecule has 0 aliphatic carbocycles. The van der Waals surface area contributed by atoms with Crippen molar-refractivity contribution >= 4 is 11.6 Å². The van der Waals surface area contributed by atoms with E-state index in [9.17, 15) is 0 Å². The van der Waals surface area contributed by atoms with Gasteiger partial charge in [0.1, 0.15) is 13.2 Å². The maximum absolute atomic E-state index is 6.03. The van der Waals surface area contributed by atoms with Gasteiger partial charge in [0.25, 0.3) is 0 Å². The minimum Gasteiger partial charge on any atom is -0.486 e. The van der Waals surface area contributed by atoms with Crippen molar-refractivity contribution in [2.45, 2.75) is 18.9 Å². The minimum atomic E-state index is 0.0899. The van der Waals surface area contributed by atoms with E-state index < -0.39 is 0 Å². The highest BCUT2D eigenvalue weighted by Gasteiger charge is 2.27. The van der Waals surface area contributed by atoms with Gasteiger partial charge in [0.05, 0.1) is 6.10 Å². The third-order valence-electron chi connectivity index (χ3n) is 3.54. The molecule has 2 heterocycles. The molecule has 2 atom stereocenters. The van der Waals surface area contributed by atoms with Gasteiger partial charge in [-0.1, -0.05) is 6.07 Å². The van der Waals surface area contributed by atoms with Crippen molar-refractivity contribution in [1.82, 2.24) is 0 Å². The van der Waals surface area contributed by atoms with Crippen molar-refractivity contribution < 1.29 is 14.2 Å². The number of fused-ring (bicyclic) bond motifs is 1. The fourth-order valence-corrected chi connectivity index (χ4v) is 2.92. The predicted octanol–water partition coefficient (Wildman–Crippen LogP) is 3.16. The van der Waals surface area contributed by atoms with Crippen molar-refractivity contribution in [2.24, 2.45) is 5.92 Å². The zero-order valence-electron chi connectivity index (χ0n) is 10.2. The van der Waals surface area contributed by atoms with Gasteiger partial charge in [0, 0.05) is 18.4 Å². The second-order valence-electron chi connectivity index (χ2n) is 4.75. The van der Waals surface area contributed by atoms with Crippen molar-refractivity contribution in [2.75, 3.05) is 25.7 Å². The van der Waals surface area contributed by atoms with E-state index in [1.807, 2.05) is 12.1 Å². The Hall–Kier alpha value is -0.930. The molecule has 0 N–H and O–H groups in total. The Balaban J connectivity index is 1.86. The summed E-state index contributed by atoms with van der Waals surface area (Å²) in [6.45, 7) is 2.05. The highest BCUT2D eigenvalue weighted by Crippen LogP contribution is 2.39. The van der Waals surface area contributed by atoms with Gasteiger partial charge in [0.15, 0.2) is 11.5 Å². The molecule has 4 heteroatoms. The molecule has 18 heavy (non-hydrogen) atoms. The van der Waals surface area contributed by atoms with Crippen molar-refractivity contribution in [3.8, 4) is 11.5 Å². The number of rotatable bonds is 2. The Kier molecular flexibility index (Phi) is 3.62. The Morgan fingerprint density at radius 3 is 2.78 bits per heavy atom. The zero-order chi connectivity index (χ0) is 12.4. The fraction of sp³-hybridized carbons (Fsp3) is 0.571. The lowest BCUT2D eigenvalue weighted by atomic mass is 9.91. The summed E-state index contributed by atoms with van der Waals surface area (Å²) < 4.78 is 17.0. The van der Waals surface area contributed by atoms with Crippen molar-refractivity contribution in [1.29, 1.82) is 0 Å². The molecule has 1 aromatic rings. The lowest BCUT2D eigenvalue weighted by Crippen LogP contribution is -2.24. The monoisotopic (exact) mass is 268 g/mol. The van der Waals surface area contributed by atoms with Crippen LogP contribution in [-0.2, 0) is 4.74 Å². The van der Waals surface area contributed by atoms with Gasteiger partial charge in [-0.15, -0.1) is 11.6 Å². The van der Waals surface area contributed by atoms with Gasteiger partial charge in [-0.3, -0.25) is 0 Å². The van der Waals surface area contributed by atoms with E-state index in [0.717, 1.165) is 36.5 Å². The molecule has 0 spiro atoms. The number of halogens is 1. The van der Waals surface area contributed by atoms with Crippen LogP contribution in [0, 0.1) is 5.92 Å². The molecule has 3 nitrogen and oxygen atoms in total. The molecule has 2 aliphatic rings. The van der Waals surface area contributed by atoms with Gasteiger partial charge in [0.2, 0.25) is 0 Å². The molecule has 0 radical (unpaired) electrons. The van der Waals surface area contributed by atoms with Crippen LogP contribution in [0.5, 0.6) is 11.5 Å². The average Bonchev–Trinajstić information content (AvgIpc) is 2.46. The molecule has 3 rings (SSSR count). The Morgan fingerprint density at radius 1 is 1.11 bits per heavy atom. The first-order valence-electron chi connectivity index (χ1n) is 6.45. The molecule has 2 aliphatic heterocycles. The lowest BCUT2D eigenvalue weighted by molar-refractivity contribution is -0.0210. The first-order chi connectivity index (χ1) is 8.88. The summed E-state index contributed by atoms with van der Waals surface area (Å²) in [6, 6.07) is 6.06. The van der Waals surface area contributed by atoms with Crippen LogP contribution in [-0.4, -0.2) is 25.7 Å². The molecule has 0 saturated carbocycles. The summed E-state index contributed by atoms with van der Waals surface area (Å²) in [7, 11) is 0. The standard InChI is InChI=1S/C14H17ClO3/c15-9-11-2-1-5-18-14(11)10-3-4-12-13(8-10)17-7-6-16-12/h3-4,8,11,14H,1-2,5-7,9H2. The van der Waals surface area contributed by atoms with E-state index in [1.165, 1.54) is 0 Å². The summed E-state index contributed by atoms with van der Waals surface area (Å²) in [5.41, 5.74) is 1.14. The minimum absolute atomic E-state index is 0.0899. The fourth-order valence-electron chi connectivity index (χ4n) is 2.61. The maximum atomic E-state index is 6.03. The van der Waals surface area contributed by atoms with E-state index in [-0.39, 0.29) is 6.10 Å². The normalized spacial score (nSPS) is 26.9. The summed E-state index contributed by atoms with van der Waals surface area (Å²) in [4.78, 5) is 0. The summed E-state index contributed by atoms with van der Waals surface area (Å²) in [6.07, 6.45) is 2.31. The molecular formula is C14H17ClO3. The topological polar surface area (TPSA) is 27.7 Å². The summed E-state index contributed by atoms with van der Waals surface area (Å²) in [5.74, 6) is 2.67. The molecule has 98 valence electrons. The Bertz CT molecular complexity index is 422. The third kappa shape index (κ3) is 2.29. The van der Waals surface area contributed by atoms with Crippen LogP contribution >= 0.6 is 11.6 Å². The molecule has 1 aromatic carbocycles. The zero-order valence-corrected chi connectivity index (χ0v) is 11.0. The first-order valence-corrected chi connectivity index (χ1v) is 6.99. The van der Waals surface area contributed by atoms with Crippen molar-refractivity contribution in [3.63, 3.8) is 0 Å². The third-order valence-corrected chi connectivity index (χ3v) is 3.93. The van der Waals surface area contributed by atoms with Crippen LogP contribution in [0.25, 0.3) is 0 Å². The van der Waals surface area contributed by atoms with E-state index >= 15 is 0 Å². The number of hydrogen-bond donors (Lipinski definition) is 0. The van der Waals surface area contributed by atoms with Crippen LogP contribution in [0.15, 0.2) is 18.2 Å². The quantitative estimate of drug-likeness (QED) is 0.771. The number of ether oxygens (including phenoxy) is 3. The van der Waals surface area contributed by atoms with Crippen LogP contribution < -0.4 is 9.47 Å². The van der Waals surface area contributed by atoms with E-state index in [0.29, 0.717) is 25.0 Å². The van der Waals surface area contributed by atoms with E-state index in [4.69, 9.17) is 25.8 Å². The van der Waals surface area contributed by atoms with Gasteiger partial charge in [-0.25, -0.2) is 0 Å². The largest absolute Gasteiger partial charge is 0.486 e. The van der Waals surface area contributed by atoms with Gasteiger partial charge in [-0.05, 0) is 30.5 Å². The number of hydrogen-bond acceptors (Lipinski definition) is 3. The first kappa shape index (κ1) is 12.1. The summed E-state index contributed by atoms with van der Waals surface area (Å²) in [5, 5.41) is 0. The molecule has 0 bridgehead atoms. The van der Waals surface area contributed by atoms with Gasteiger partial charge < -0.3 is 14.2 Å². The molecule has 0 aromatic heterocycles. The molecule has 1 fully saturated rings. The second kappa shape index (κ2) is 5.37. The average molecular weight is 269 g/mol. The highest BCUT2D eigenvalue weighted by molar-refractivity contribution is 6.18.